The zero-order chi connectivity index (χ0) is 9.78. The largest absolute Gasteiger partial charge is 0.463 e. The molecule has 0 spiro atoms. The van der Waals surface area contributed by atoms with Crippen LogP contribution in [0.3, 0.4) is 0 Å². The first-order chi connectivity index (χ1) is 5.37. The Morgan fingerprint density at radius 1 is 1.67 bits per heavy atom. The minimum Gasteiger partial charge on any atom is -0.463 e. The van der Waals surface area contributed by atoms with Crippen LogP contribution in [-0.2, 0) is 9.53 Å². The maximum absolute atomic E-state index is 11.0. The quantitative estimate of drug-likeness (QED) is 0.415. The van der Waals surface area contributed by atoms with Crippen molar-refractivity contribution in [1.29, 1.82) is 0 Å². The highest BCUT2D eigenvalue weighted by Gasteiger charge is 2.17. The van der Waals surface area contributed by atoms with Gasteiger partial charge >= 0.3 is 5.97 Å². The minimum atomic E-state index is -0.657. The molecular weight excluding hydrogens is 176 g/mol. The molecule has 0 aromatic heterocycles. The normalized spacial score (nSPS) is 14.1. The molecule has 0 rings (SSSR count). The second-order valence-electron chi connectivity index (χ2n) is 3.39. The maximum atomic E-state index is 11.0. The third-order valence-electron chi connectivity index (χ3n) is 1.09. The van der Waals surface area contributed by atoms with Crippen LogP contribution in [0.1, 0.15) is 13.8 Å². The fourth-order valence-corrected chi connectivity index (χ4v) is 0.588. The predicted molar refractivity (Wildman–Crippen MR) is 51.1 cm³/mol. The minimum absolute atomic E-state index is 0.174. The van der Waals surface area contributed by atoms with Crippen molar-refractivity contribution >= 4 is 18.6 Å². The van der Waals surface area contributed by atoms with E-state index in [2.05, 4.69) is 12.6 Å². The standard InChI is InChI=1S/C7H16N2O2S/c1-7(2,9)4-11-6(10)5(8)3-12/h5,12H,3-4,8-9H2,1-2H3. The number of thiol groups is 1. The molecule has 0 amide bonds. The van der Waals surface area contributed by atoms with E-state index >= 15 is 0 Å². The van der Waals surface area contributed by atoms with E-state index in [0.29, 0.717) is 0 Å². The van der Waals surface area contributed by atoms with Crippen LogP contribution in [0.2, 0.25) is 0 Å². The van der Waals surface area contributed by atoms with Crippen LogP contribution in [0.15, 0.2) is 0 Å². The molecule has 0 saturated carbocycles. The van der Waals surface area contributed by atoms with E-state index in [1.165, 1.54) is 0 Å². The fraction of sp³-hybridized carbons (Fsp3) is 0.857. The number of esters is 1. The Morgan fingerprint density at radius 2 is 2.17 bits per heavy atom. The van der Waals surface area contributed by atoms with Gasteiger partial charge in [0.15, 0.2) is 0 Å². The summed E-state index contributed by atoms with van der Waals surface area (Å²) in [5.41, 5.74) is 10.4. The Morgan fingerprint density at radius 3 is 2.50 bits per heavy atom. The smallest absolute Gasteiger partial charge is 0.323 e. The summed E-state index contributed by atoms with van der Waals surface area (Å²) < 4.78 is 4.82. The zero-order valence-electron chi connectivity index (χ0n) is 7.41. The van der Waals surface area contributed by atoms with Crippen LogP contribution in [0.5, 0.6) is 0 Å². The second kappa shape index (κ2) is 4.69. The summed E-state index contributed by atoms with van der Waals surface area (Å²) in [6.45, 7) is 3.71. The lowest BCUT2D eigenvalue weighted by molar-refractivity contribution is -0.146. The predicted octanol–water partition coefficient (Wildman–Crippen LogP) is -0.476. The molecule has 0 aromatic carbocycles. The number of hydrogen-bond donors (Lipinski definition) is 3. The molecule has 1 unspecified atom stereocenters. The van der Waals surface area contributed by atoms with Gasteiger partial charge in [-0.2, -0.15) is 12.6 Å². The van der Waals surface area contributed by atoms with Crippen molar-refractivity contribution in [3.63, 3.8) is 0 Å². The van der Waals surface area contributed by atoms with E-state index in [9.17, 15) is 4.79 Å². The van der Waals surface area contributed by atoms with E-state index in [4.69, 9.17) is 16.2 Å². The van der Waals surface area contributed by atoms with Gasteiger partial charge in [0.25, 0.3) is 0 Å². The monoisotopic (exact) mass is 192 g/mol. The molecule has 0 heterocycles. The zero-order valence-corrected chi connectivity index (χ0v) is 8.30. The summed E-state index contributed by atoms with van der Waals surface area (Å²) in [5, 5.41) is 0. The number of carbonyl (C=O) groups excluding carboxylic acids is 1. The van der Waals surface area contributed by atoms with Gasteiger partial charge in [-0.1, -0.05) is 0 Å². The number of ether oxygens (including phenoxy) is 1. The van der Waals surface area contributed by atoms with Gasteiger partial charge in [0.1, 0.15) is 12.6 Å². The summed E-state index contributed by atoms with van der Waals surface area (Å²) in [5.74, 6) is -0.173. The molecule has 0 aliphatic rings. The molecule has 0 aliphatic carbocycles. The third kappa shape index (κ3) is 5.40. The molecule has 0 aliphatic heterocycles. The summed E-state index contributed by atoms with van der Waals surface area (Å²) in [6.07, 6.45) is 0. The lowest BCUT2D eigenvalue weighted by Crippen LogP contribution is -2.42. The molecule has 0 fully saturated rings. The Labute approximate surface area is 78.0 Å². The van der Waals surface area contributed by atoms with E-state index in [1.54, 1.807) is 13.8 Å². The van der Waals surface area contributed by atoms with Crippen molar-refractivity contribution in [2.75, 3.05) is 12.4 Å². The Hall–Kier alpha value is -0.260. The average Bonchev–Trinajstić information content (AvgIpc) is 1.97. The van der Waals surface area contributed by atoms with Crippen molar-refractivity contribution < 1.29 is 9.53 Å². The number of hydrogen-bond acceptors (Lipinski definition) is 5. The van der Waals surface area contributed by atoms with Gasteiger partial charge < -0.3 is 16.2 Å². The van der Waals surface area contributed by atoms with Gasteiger partial charge in [0.05, 0.1) is 0 Å². The van der Waals surface area contributed by atoms with Crippen LogP contribution >= 0.6 is 12.6 Å². The molecule has 1 atom stereocenters. The van der Waals surface area contributed by atoms with Gasteiger partial charge in [-0.3, -0.25) is 4.79 Å². The third-order valence-corrected chi connectivity index (χ3v) is 1.48. The van der Waals surface area contributed by atoms with Gasteiger partial charge in [0.2, 0.25) is 0 Å². The lowest BCUT2D eigenvalue weighted by atomic mass is 10.1. The van der Waals surface area contributed by atoms with Crippen molar-refractivity contribution in [2.24, 2.45) is 11.5 Å². The molecule has 5 heteroatoms. The summed E-state index contributed by atoms with van der Waals surface area (Å²) in [7, 11) is 0. The Bertz CT molecular complexity index is 156. The number of rotatable bonds is 4. The van der Waals surface area contributed by atoms with Crippen LogP contribution in [0.25, 0.3) is 0 Å². The molecule has 4 nitrogen and oxygen atoms in total. The first kappa shape index (κ1) is 11.7. The number of nitrogens with two attached hydrogens (primary N) is 2. The van der Waals surface area contributed by atoms with Crippen molar-refractivity contribution in [1.82, 2.24) is 0 Å². The van der Waals surface area contributed by atoms with Crippen LogP contribution in [0.4, 0.5) is 0 Å². The molecule has 4 N–H and O–H groups in total. The van der Waals surface area contributed by atoms with Crippen molar-refractivity contribution in [3.05, 3.63) is 0 Å². The summed E-state index contributed by atoms with van der Waals surface area (Å²) in [4.78, 5) is 11.0. The lowest BCUT2D eigenvalue weighted by Gasteiger charge is -2.19. The van der Waals surface area contributed by atoms with E-state index in [-0.39, 0.29) is 12.4 Å². The van der Waals surface area contributed by atoms with E-state index < -0.39 is 17.6 Å². The average molecular weight is 192 g/mol. The van der Waals surface area contributed by atoms with Gasteiger partial charge in [0, 0.05) is 11.3 Å². The molecule has 0 radical (unpaired) electrons. The SMILES string of the molecule is CC(C)(N)COC(=O)C(N)CS. The second-order valence-corrected chi connectivity index (χ2v) is 3.75. The molecule has 0 saturated heterocycles. The highest BCUT2D eigenvalue weighted by atomic mass is 32.1. The van der Waals surface area contributed by atoms with Crippen LogP contribution in [-0.4, -0.2) is 29.9 Å². The summed E-state index contributed by atoms with van der Waals surface area (Å²) in [6, 6.07) is -0.657. The van der Waals surface area contributed by atoms with Gasteiger partial charge in [-0.15, -0.1) is 0 Å². The summed E-state index contributed by atoms with van der Waals surface area (Å²) >= 11 is 3.86. The fourth-order valence-electron chi connectivity index (χ4n) is 0.439. The van der Waals surface area contributed by atoms with E-state index in [0.717, 1.165) is 0 Å². The van der Waals surface area contributed by atoms with Gasteiger partial charge in [-0.25, -0.2) is 0 Å². The highest BCUT2D eigenvalue weighted by molar-refractivity contribution is 7.80. The highest BCUT2D eigenvalue weighted by Crippen LogP contribution is 1.98. The molecule has 12 heavy (non-hydrogen) atoms. The van der Waals surface area contributed by atoms with Crippen molar-refractivity contribution in [2.45, 2.75) is 25.4 Å². The van der Waals surface area contributed by atoms with Crippen LogP contribution < -0.4 is 11.5 Å². The van der Waals surface area contributed by atoms with Crippen molar-refractivity contribution in [3.8, 4) is 0 Å². The number of carbonyl (C=O) groups is 1. The Balaban J connectivity index is 3.72. The topological polar surface area (TPSA) is 78.3 Å². The Kier molecular flexibility index (Phi) is 4.59. The molecule has 0 aromatic rings. The maximum Gasteiger partial charge on any atom is 0.323 e. The van der Waals surface area contributed by atoms with E-state index in [1.807, 2.05) is 0 Å². The first-order valence-electron chi connectivity index (χ1n) is 3.69. The molecular formula is C7H16N2O2S. The molecule has 0 bridgehead atoms. The molecule has 72 valence electrons. The first-order valence-corrected chi connectivity index (χ1v) is 4.32. The van der Waals surface area contributed by atoms with Gasteiger partial charge in [-0.05, 0) is 13.8 Å². The van der Waals surface area contributed by atoms with Crippen LogP contribution in [0, 0.1) is 0 Å².